The Labute approximate surface area is 144 Å². The molecule has 9 nitrogen and oxygen atoms in total. The summed E-state index contributed by atoms with van der Waals surface area (Å²) in [4.78, 5) is 19.0. The highest BCUT2D eigenvalue weighted by Gasteiger charge is 2.28. The van der Waals surface area contributed by atoms with Gasteiger partial charge in [0, 0.05) is 25.3 Å². The number of anilines is 1. The van der Waals surface area contributed by atoms with Gasteiger partial charge in [-0.15, -0.1) is 15.3 Å². The Morgan fingerprint density at radius 1 is 1.32 bits per heavy atom. The topological polar surface area (TPSA) is 93.2 Å². The molecule has 0 fully saturated rings. The lowest BCUT2D eigenvalue weighted by Gasteiger charge is -2.34. The summed E-state index contributed by atoms with van der Waals surface area (Å²) in [7, 11) is 0. The van der Waals surface area contributed by atoms with Crippen LogP contribution in [0.2, 0.25) is 0 Å². The normalized spacial score (nSPS) is 17.1. The van der Waals surface area contributed by atoms with Gasteiger partial charge in [0.25, 0.3) is 5.91 Å². The number of carbonyl (C=O) groups is 1. The number of nitrogens with zero attached hydrogens (tertiary/aromatic N) is 7. The summed E-state index contributed by atoms with van der Waals surface area (Å²) in [6, 6.07) is 3.92. The van der Waals surface area contributed by atoms with Crippen molar-refractivity contribution in [2.45, 2.75) is 39.4 Å². The van der Waals surface area contributed by atoms with Crippen LogP contribution in [-0.4, -0.2) is 47.9 Å². The van der Waals surface area contributed by atoms with Crippen molar-refractivity contribution in [2.75, 3.05) is 11.4 Å². The number of fused-ring (bicyclic) bond motifs is 2. The first-order valence-corrected chi connectivity index (χ1v) is 8.34. The van der Waals surface area contributed by atoms with Gasteiger partial charge < -0.3 is 14.8 Å². The molecule has 1 amide bonds. The third kappa shape index (κ3) is 2.71. The third-order valence-corrected chi connectivity index (χ3v) is 4.32. The summed E-state index contributed by atoms with van der Waals surface area (Å²) in [6.45, 7) is 7.48. The van der Waals surface area contributed by atoms with Crippen molar-refractivity contribution in [1.82, 2.24) is 34.7 Å². The number of hydrogen-bond acceptors (Lipinski definition) is 6. The smallest absolute Gasteiger partial charge is 0.271 e. The minimum Gasteiger partial charge on any atom is -0.348 e. The fourth-order valence-corrected chi connectivity index (χ4v) is 3.12. The van der Waals surface area contributed by atoms with Crippen LogP contribution in [0.5, 0.6) is 0 Å². The van der Waals surface area contributed by atoms with Gasteiger partial charge in [0.05, 0.1) is 6.04 Å². The molecule has 0 bridgehead atoms. The Kier molecular flexibility index (Phi) is 3.63. The lowest BCUT2D eigenvalue weighted by atomic mass is 10.2. The second-order valence-corrected chi connectivity index (χ2v) is 6.50. The fourth-order valence-electron chi connectivity index (χ4n) is 3.12. The van der Waals surface area contributed by atoms with E-state index < -0.39 is 0 Å². The molecule has 0 radical (unpaired) electrons. The first kappa shape index (κ1) is 15.6. The number of rotatable bonds is 3. The molecule has 1 atom stereocenters. The Hall–Kier alpha value is -2.97. The number of imidazole rings is 1. The highest BCUT2D eigenvalue weighted by molar-refractivity contribution is 5.92. The number of aromatic nitrogens is 6. The van der Waals surface area contributed by atoms with Crippen molar-refractivity contribution in [3.05, 3.63) is 36.2 Å². The standard InChI is InChI=1S/C16H20N8O/c1-10(2)18-16(25)12-8-22-6-7-23(11(3)15(22)19-12)14-5-4-13-20-17-9-24(13)21-14/h4-5,8-11H,6-7H2,1-3H3,(H,18,25). The first-order chi connectivity index (χ1) is 12.0. The van der Waals surface area contributed by atoms with Gasteiger partial charge in [-0.1, -0.05) is 0 Å². The van der Waals surface area contributed by atoms with Gasteiger partial charge in [-0.2, -0.15) is 4.52 Å². The van der Waals surface area contributed by atoms with E-state index >= 15 is 0 Å². The van der Waals surface area contributed by atoms with Crippen molar-refractivity contribution in [3.63, 3.8) is 0 Å². The van der Waals surface area contributed by atoms with Gasteiger partial charge in [0.2, 0.25) is 0 Å². The van der Waals surface area contributed by atoms with Crippen LogP contribution >= 0.6 is 0 Å². The van der Waals surface area contributed by atoms with Crippen LogP contribution in [0.4, 0.5) is 5.82 Å². The van der Waals surface area contributed by atoms with Gasteiger partial charge in [-0.05, 0) is 32.9 Å². The molecular weight excluding hydrogens is 320 g/mol. The van der Waals surface area contributed by atoms with Crippen LogP contribution in [-0.2, 0) is 6.54 Å². The van der Waals surface area contributed by atoms with Crippen LogP contribution in [0.3, 0.4) is 0 Å². The number of amides is 1. The van der Waals surface area contributed by atoms with Crippen molar-refractivity contribution in [1.29, 1.82) is 0 Å². The Balaban J connectivity index is 1.63. The number of hydrogen-bond donors (Lipinski definition) is 1. The fraction of sp³-hybridized carbons (Fsp3) is 0.438. The summed E-state index contributed by atoms with van der Waals surface area (Å²) in [6.07, 6.45) is 3.42. The van der Waals surface area contributed by atoms with Crippen LogP contribution < -0.4 is 10.2 Å². The average molecular weight is 340 g/mol. The second-order valence-electron chi connectivity index (χ2n) is 6.50. The van der Waals surface area contributed by atoms with Gasteiger partial charge >= 0.3 is 0 Å². The maximum Gasteiger partial charge on any atom is 0.271 e. The molecule has 4 heterocycles. The lowest BCUT2D eigenvalue weighted by Crippen LogP contribution is -2.37. The van der Waals surface area contributed by atoms with Crippen LogP contribution in [0, 0.1) is 0 Å². The zero-order valence-electron chi connectivity index (χ0n) is 14.4. The lowest BCUT2D eigenvalue weighted by molar-refractivity contribution is 0.0938. The van der Waals surface area contributed by atoms with E-state index in [-0.39, 0.29) is 18.0 Å². The highest BCUT2D eigenvalue weighted by Crippen LogP contribution is 2.28. The van der Waals surface area contributed by atoms with Crippen LogP contribution in [0.15, 0.2) is 24.7 Å². The number of carbonyl (C=O) groups excluding carboxylic acids is 1. The Morgan fingerprint density at radius 2 is 2.16 bits per heavy atom. The Morgan fingerprint density at radius 3 is 2.96 bits per heavy atom. The molecule has 1 aliphatic rings. The highest BCUT2D eigenvalue weighted by atomic mass is 16.2. The van der Waals surface area contributed by atoms with Crippen LogP contribution in [0.1, 0.15) is 43.1 Å². The van der Waals surface area contributed by atoms with Crippen molar-refractivity contribution in [3.8, 4) is 0 Å². The molecule has 130 valence electrons. The molecule has 0 saturated heterocycles. The molecule has 0 aromatic carbocycles. The molecule has 3 aromatic heterocycles. The van der Waals surface area contributed by atoms with Gasteiger partial charge in [0.15, 0.2) is 5.65 Å². The first-order valence-electron chi connectivity index (χ1n) is 8.34. The van der Waals surface area contributed by atoms with E-state index in [1.54, 1.807) is 10.8 Å². The van der Waals surface area contributed by atoms with Gasteiger partial charge in [-0.25, -0.2) is 4.98 Å². The van der Waals surface area contributed by atoms with Gasteiger partial charge in [0.1, 0.15) is 23.7 Å². The molecule has 3 aromatic rings. The SMILES string of the molecule is CC(C)NC(=O)c1cn2c(n1)C(C)N(c1ccc3nncn3n1)CC2. The van der Waals surface area contributed by atoms with Crippen LogP contribution in [0.25, 0.3) is 5.65 Å². The summed E-state index contributed by atoms with van der Waals surface area (Å²) in [5.74, 6) is 1.56. The zero-order valence-corrected chi connectivity index (χ0v) is 14.4. The molecule has 1 aliphatic heterocycles. The van der Waals surface area contributed by atoms with Crippen molar-refractivity contribution in [2.24, 2.45) is 0 Å². The van der Waals surface area contributed by atoms with Crippen molar-refractivity contribution >= 4 is 17.4 Å². The maximum atomic E-state index is 12.2. The third-order valence-electron chi connectivity index (χ3n) is 4.32. The molecule has 4 rings (SSSR count). The molecule has 1 N–H and O–H groups in total. The quantitative estimate of drug-likeness (QED) is 0.766. The zero-order chi connectivity index (χ0) is 17.6. The van der Waals surface area contributed by atoms with E-state index in [0.29, 0.717) is 11.3 Å². The van der Waals surface area contributed by atoms with E-state index in [9.17, 15) is 4.79 Å². The molecular formula is C16H20N8O. The molecule has 9 heteroatoms. The number of nitrogens with one attached hydrogen (secondary N) is 1. The van der Waals surface area contributed by atoms with E-state index in [0.717, 1.165) is 24.7 Å². The van der Waals surface area contributed by atoms with E-state index in [2.05, 4.69) is 37.4 Å². The monoisotopic (exact) mass is 340 g/mol. The molecule has 0 spiro atoms. The summed E-state index contributed by atoms with van der Waals surface area (Å²) < 4.78 is 3.71. The summed E-state index contributed by atoms with van der Waals surface area (Å²) in [5, 5.41) is 15.3. The predicted molar refractivity (Wildman–Crippen MR) is 91.4 cm³/mol. The Bertz CT molecular complexity index is 927. The molecule has 25 heavy (non-hydrogen) atoms. The van der Waals surface area contributed by atoms with E-state index in [1.807, 2.05) is 36.7 Å². The van der Waals surface area contributed by atoms with Gasteiger partial charge in [-0.3, -0.25) is 4.79 Å². The average Bonchev–Trinajstić information content (AvgIpc) is 3.20. The minimum atomic E-state index is -0.139. The predicted octanol–water partition coefficient (Wildman–Crippen LogP) is 1.04. The summed E-state index contributed by atoms with van der Waals surface area (Å²) in [5.41, 5.74) is 1.17. The molecule has 0 saturated carbocycles. The molecule has 0 aliphatic carbocycles. The largest absolute Gasteiger partial charge is 0.348 e. The van der Waals surface area contributed by atoms with E-state index in [1.165, 1.54) is 0 Å². The van der Waals surface area contributed by atoms with E-state index in [4.69, 9.17) is 0 Å². The second kappa shape index (κ2) is 5.83. The summed E-state index contributed by atoms with van der Waals surface area (Å²) >= 11 is 0. The minimum absolute atomic E-state index is 0.00998. The molecule has 1 unspecified atom stereocenters. The van der Waals surface area contributed by atoms with Crippen molar-refractivity contribution < 1.29 is 4.79 Å². The maximum absolute atomic E-state index is 12.2.